The Morgan fingerprint density at radius 3 is 2.50 bits per heavy atom. The fourth-order valence-electron chi connectivity index (χ4n) is 0.918. The van der Waals surface area contributed by atoms with Gasteiger partial charge in [0.15, 0.2) is 0 Å². The summed E-state index contributed by atoms with van der Waals surface area (Å²) in [6.07, 6.45) is 2.19. The summed E-state index contributed by atoms with van der Waals surface area (Å²) in [7, 11) is 2.02. The third-order valence-electron chi connectivity index (χ3n) is 1.42. The zero-order valence-electron chi connectivity index (χ0n) is 5.60. The molecule has 0 bridgehead atoms. The molecule has 0 aromatic heterocycles. The summed E-state index contributed by atoms with van der Waals surface area (Å²) >= 11 is 0. The molecule has 0 aromatic rings. The maximum absolute atomic E-state index is 3.21. The number of hydrogen-bond donors (Lipinski definition) is 1. The van der Waals surface area contributed by atoms with Crippen LogP contribution in [-0.2, 0) is 0 Å². The van der Waals surface area contributed by atoms with Gasteiger partial charge in [-0.05, 0) is 19.9 Å². The van der Waals surface area contributed by atoms with Crippen molar-refractivity contribution in [3.05, 3.63) is 11.8 Å². The van der Waals surface area contributed by atoms with Gasteiger partial charge in [0.25, 0.3) is 0 Å². The van der Waals surface area contributed by atoms with Crippen LogP contribution in [0.25, 0.3) is 0 Å². The summed E-state index contributed by atoms with van der Waals surface area (Å²) in [5.74, 6) is 0. The predicted octanol–water partition coefficient (Wildman–Crippen LogP) is 0.729. The molecular formula is C6H12N2. The molecule has 1 aliphatic heterocycles. The molecule has 46 valence electrons. The summed E-state index contributed by atoms with van der Waals surface area (Å²) in [6.45, 7) is 4.23. The van der Waals surface area contributed by atoms with Gasteiger partial charge in [0.1, 0.15) is 0 Å². The summed E-state index contributed by atoms with van der Waals surface area (Å²) in [5.41, 5.74) is 4.51. The lowest BCUT2D eigenvalue weighted by molar-refractivity contribution is 0.316. The Hall–Kier alpha value is -0.500. The smallest absolute Gasteiger partial charge is 0.0434 e. The normalized spacial score (nSPS) is 28.6. The highest BCUT2D eigenvalue weighted by Crippen LogP contribution is 2.06. The lowest BCUT2D eigenvalue weighted by atomic mass is 10.3. The molecule has 2 heteroatoms. The van der Waals surface area contributed by atoms with Gasteiger partial charge in [-0.2, -0.15) is 0 Å². The summed E-state index contributed by atoms with van der Waals surface area (Å²) in [5, 5.41) is 2.03. The maximum Gasteiger partial charge on any atom is 0.0434 e. The molecule has 0 saturated heterocycles. The molecule has 0 spiro atoms. The summed E-state index contributed by atoms with van der Waals surface area (Å²) < 4.78 is 0. The third kappa shape index (κ3) is 0.842. The molecule has 1 heterocycles. The zero-order chi connectivity index (χ0) is 6.15. The molecule has 0 aliphatic carbocycles. The van der Waals surface area contributed by atoms with E-state index in [0.29, 0.717) is 6.04 Å². The van der Waals surface area contributed by atoms with E-state index >= 15 is 0 Å². The van der Waals surface area contributed by atoms with Crippen LogP contribution in [0.15, 0.2) is 11.8 Å². The number of rotatable bonds is 0. The number of nitrogens with one attached hydrogen (secondary N) is 1. The summed E-state index contributed by atoms with van der Waals surface area (Å²) in [6, 6.07) is 0.514. The van der Waals surface area contributed by atoms with E-state index in [4.69, 9.17) is 0 Å². The van der Waals surface area contributed by atoms with E-state index < -0.39 is 0 Å². The molecule has 8 heavy (non-hydrogen) atoms. The fraction of sp³-hybridized carbons (Fsp3) is 0.667. The van der Waals surface area contributed by atoms with E-state index in [1.165, 1.54) is 5.70 Å². The van der Waals surface area contributed by atoms with Gasteiger partial charge in [-0.3, -0.25) is 0 Å². The van der Waals surface area contributed by atoms with E-state index in [-0.39, 0.29) is 0 Å². The van der Waals surface area contributed by atoms with Crippen LogP contribution in [-0.4, -0.2) is 18.1 Å². The van der Waals surface area contributed by atoms with Crippen LogP contribution in [0, 0.1) is 0 Å². The number of hydrogen-bond acceptors (Lipinski definition) is 2. The Kier molecular flexibility index (Phi) is 1.26. The lowest BCUT2D eigenvalue weighted by Crippen LogP contribution is -2.31. The van der Waals surface area contributed by atoms with Gasteiger partial charge in [-0.1, -0.05) is 0 Å². The van der Waals surface area contributed by atoms with E-state index in [1.807, 2.05) is 12.1 Å². The van der Waals surface area contributed by atoms with E-state index in [9.17, 15) is 0 Å². The van der Waals surface area contributed by atoms with Crippen molar-refractivity contribution in [2.45, 2.75) is 19.9 Å². The zero-order valence-corrected chi connectivity index (χ0v) is 5.60. The highest BCUT2D eigenvalue weighted by Gasteiger charge is 2.10. The first kappa shape index (κ1) is 5.63. The minimum Gasteiger partial charge on any atom is -0.316 e. The first-order chi connectivity index (χ1) is 3.70. The van der Waals surface area contributed by atoms with Gasteiger partial charge < -0.3 is 5.01 Å². The molecule has 1 N–H and O–H groups in total. The molecular weight excluding hydrogens is 100 g/mol. The van der Waals surface area contributed by atoms with Crippen molar-refractivity contribution in [1.82, 2.24) is 10.4 Å². The second-order valence-corrected chi connectivity index (χ2v) is 2.28. The van der Waals surface area contributed by atoms with E-state index in [0.717, 1.165) is 0 Å². The van der Waals surface area contributed by atoms with Crippen LogP contribution >= 0.6 is 0 Å². The first-order valence-electron chi connectivity index (χ1n) is 2.88. The Morgan fingerprint density at radius 2 is 2.38 bits per heavy atom. The molecule has 0 fully saturated rings. The van der Waals surface area contributed by atoms with Crippen molar-refractivity contribution in [2.24, 2.45) is 0 Å². The van der Waals surface area contributed by atoms with Crippen molar-refractivity contribution < 1.29 is 0 Å². The minimum absolute atomic E-state index is 0.514. The van der Waals surface area contributed by atoms with Gasteiger partial charge in [-0.25, -0.2) is 5.43 Å². The molecule has 1 atom stereocenters. The van der Waals surface area contributed by atoms with Crippen LogP contribution in [0.4, 0.5) is 0 Å². The Balaban J connectivity index is 2.59. The maximum atomic E-state index is 3.21. The monoisotopic (exact) mass is 112 g/mol. The van der Waals surface area contributed by atoms with Crippen LogP contribution < -0.4 is 5.43 Å². The second kappa shape index (κ2) is 1.78. The van der Waals surface area contributed by atoms with Crippen LogP contribution in [0.3, 0.4) is 0 Å². The van der Waals surface area contributed by atoms with Crippen molar-refractivity contribution in [3.63, 3.8) is 0 Å². The molecule has 2 nitrogen and oxygen atoms in total. The Morgan fingerprint density at radius 1 is 1.75 bits per heavy atom. The molecule has 0 radical (unpaired) electrons. The van der Waals surface area contributed by atoms with Gasteiger partial charge in [0.05, 0.1) is 0 Å². The topological polar surface area (TPSA) is 15.3 Å². The fourth-order valence-corrected chi connectivity index (χ4v) is 0.918. The average Bonchev–Trinajstić information content (AvgIpc) is 1.85. The van der Waals surface area contributed by atoms with Gasteiger partial charge in [-0.15, -0.1) is 0 Å². The van der Waals surface area contributed by atoms with Crippen molar-refractivity contribution in [3.8, 4) is 0 Å². The molecule has 0 amide bonds. The van der Waals surface area contributed by atoms with Crippen LogP contribution in [0.5, 0.6) is 0 Å². The average molecular weight is 112 g/mol. The molecule has 0 unspecified atom stereocenters. The quantitative estimate of drug-likeness (QED) is 0.497. The first-order valence-corrected chi connectivity index (χ1v) is 2.88. The lowest BCUT2D eigenvalue weighted by Gasteiger charge is -2.13. The van der Waals surface area contributed by atoms with Crippen molar-refractivity contribution in [2.75, 3.05) is 7.05 Å². The van der Waals surface area contributed by atoms with Gasteiger partial charge in [0, 0.05) is 18.8 Å². The molecule has 0 aromatic carbocycles. The van der Waals surface area contributed by atoms with Crippen LogP contribution in [0.2, 0.25) is 0 Å². The standard InChI is InChI=1S/C6H12N2/c1-5-4-6(2)8(3)7-5/h4-5,7H,1-3H3/t5-/m0/s1. The largest absolute Gasteiger partial charge is 0.316 e. The molecule has 1 rings (SSSR count). The molecule has 0 saturated carbocycles. The van der Waals surface area contributed by atoms with Crippen molar-refractivity contribution >= 4 is 0 Å². The number of nitrogens with zero attached hydrogens (tertiary/aromatic N) is 1. The Bertz CT molecular complexity index is 118. The van der Waals surface area contributed by atoms with Crippen LogP contribution in [0.1, 0.15) is 13.8 Å². The molecule has 1 aliphatic rings. The van der Waals surface area contributed by atoms with Gasteiger partial charge in [0.2, 0.25) is 0 Å². The predicted molar refractivity (Wildman–Crippen MR) is 34.1 cm³/mol. The summed E-state index contributed by atoms with van der Waals surface area (Å²) in [4.78, 5) is 0. The van der Waals surface area contributed by atoms with E-state index in [1.54, 1.807) is 0 Å². The minimum atomic E-state index is 0.514. The second-order valence-electron chi connectivity index (χ2n) is 2.28. The number of allylic oxidation sites excluding steroid dienone is 1. The highest BCUT2D eigenvalue weighted by molar-refractivity contribution is 5.06. The third-order valence-corrected chi connectivity index (χ3v) is 1.42. The van der Waals surface area contributed by atoms with E-state index in [2.05, 4.69) is 25.3 Å². The highest BCUT2D eigenvalue weighted by atomic mass is 15.5. The number of hydrazine groups is 1. The SMILES string of the molecule is CC1=C[C@H](C)NN1C. The van der Waals surface area contributed by atoms with Gasteiger partial charge >= 0.3 is 0 Å². The Labute approximate surface area is 50.1 Å². The van der Waals surface area contributed by atoms with Crippen molar-refractivity contribution in [1.29, 1.82) is 0 Å².